The molecular formula is C16H24BrN3O2. The van der Waals surface area contributed by atoms with E-state index < -0.39 is 5.60 Å². The van der Waals surface area contributed by atoms with Crippen molar-refractivity contribution in [2.24, 2.45) is 5.92 Å². The lowest BCUT2D eigenvalue weighted by Gasteiger charge is -2.28. The summed E-state index contributed by atoms with van der Waals surface area (Å²) in [5.41, 5.74) is 0.337. The van der Waals surface area contributed by atoms with Crippen LogP contribution in [0.25, 0.3) is 0 Å². The van der Waals surface area contributed by atoms with E-state index in [0.29, 0.717) is 18.3 Å². The second-order valence-corrected chi connectivity index (χ2v) is 7.54. The van der Waals surface area contributed by atoms with E-state index in [-0.39, 0.29) is 6.09 Å². The van der Waals surface area contributed by atoms with Gasteiger partial charge < -0.3 is 10.1 Å². The summed E-state index contributed by atoms with van der Waals surface area (Å²) in [5, 5.41) is 3.33. The summed E-state index contributed by atoms with van der Waals surface area (Å²) in [7, 11) is 0. The molecular weight excluding hydrogens is 346 g/mol. The predicted molar refractivity (Wildman–Crippen MR) is 91.2 cm³/mol. The van der Waals surface area contributed by atoms with Gasteiger partial charge in [-0.1, -0.05) is 0 Å². The number of carbonyl (C=O) groups is 1. The first-order valence-electron chi connectivity index (χ1n) is 7.60. The van der Waals surface area contributed by atoms with Crippen LogP contribution in [0.2, 0.25) is 0 Å². The number of ether oxygens (including phenoxy) is 1. The number of carbonyl (C=O) groups excluding carboxylic acids is 1. The van der Waals surface area contributed by atoms with Crippen molar-refractivity contribution in [3.05, 3.63) is 22.3 Å². The number of nitrogens with one attached hydrogen (secondary N) is 1. The Bertz CT molecular complexity index is 537. The number of anilines is 1. The van der Waals surface area contributed by atoms with Crippen molar-refractivity contribution in [2.75, 3.05) is 24.5 Å². The monoisotopic (exact) mass is 369 g/mol. The Morgan fingerprint density at radius 1 is 1.50 bits per heavy atom. The lowest BCUT2D eigenvalue weighted by molar-refractivity contribution is 0.0574. The molecule has 122 valence electrons. The van der Waals surface area contributed by atoms with E-state index in [2.05, 4.69) is 26.2 Å². The minimum absolute atomic E-state index is 0.339. The first kappa shape index (κ1) is 17.2. The molecule has 0 bridgehead atoms. The third-order valence-corrected chi connectivity index (χ3v) is 4.34. The van der Waals surface area contributed by atoms with E-state index in [0.717, 1.165) is 29.7 Å². The molecule has 1 aromatic rings. The Labute approximate surface area is 140 Å². The van der Waals surface area contributed by atoms with Crippen LogP contribution in [0.1, 0.15) is 32.9 Å². The van der Waals surface area contributed by atoms with Crippen LogP contribution in [-0.4, -0.2) is 36.3 Å². The highest BCUT2D eigenvalue weighted by Crippen LogP contribution is 2.23. The second-order valence-electron chi connectivity index (χ2n) is 6.69. The number of nitrogens with zero attached hydrogens (tertiary/aromatic N) is 2. The first-order valence-corrected chi connectivity index (χ1v) is 8.40. The van der Waals surface area contributed by atoms with Gasteiger partial charge in [-0.2, -0.15) is 0 Å². The molecule has 1 unspecified atom stereocenters. The van der Waals surface area contributed by atoms with Crippen LogP contribution in [-0.2, 0) is 4.74 Å². The Balaban J connectivity index is 2.23. The summed E-state index contributed by atoms with van der Waals surface area (Å²) in [4.78, 5) is 18.8. The zero-order valence-corrected chi connectivity index (χ0v) is 15.2. The van der Waals surface area contributed by atoms with E-state index >= 15 is 0 Å². The molecule has 1 aromatic heterocycles. The number of hydrogen-bond donors (Lipinski definition) is 1. The van der Waals surface area contributed by atoms with Gasteiger partial charge in [-0.3, -0.25) is 4.90 Å². The van der Waals surface area contributed by atoms with Crippen LogP contribution in [0.5, 0.6) is 0 Å². The van der Waals surface area contributed by atoms with E-state index in [9.17, 15) is 4.79 Å². The molecule has 2 heterocycles. The summed E-state index contributed by atoms with van der Waals surface area (Å²) in [6.07, 6.45) is 0.725. The molecule has 0 spiro atoms. The molecule has 5 nitrogen and oxygen atoms in total. The van der Waals surface area contributed by atoms with Crippen LogP contribution in [0.15, 0.2) is 16.6 Å². The molecule has 0 saturated carbocycles. The number of halogens is 1. The van der Waals surface area contributed by atoms with E-state index in [4.69, 9.17) is 4.74 Å². The smallest absolute Gasteiger partial charge is 0.416 e. The molecule has 1 atom stereocenters. The fourth-order valence-corrected chi connectivity index (χ4v) is 2.61. The maximum absolute atomic E-state index is 12.6. The predicted octanol–water partition coefficient (Wildman–Crippen LogP) is 3.50. The van der Waals surface area contributed by atoms with E-state index in [1.54, 1.807) is 4.90 Å². The van der Waals surface area contributed by atoms with Gasteiger partial charge in [0.25, 0.3) is 0 Å². The van der Waals surface area contributed by atoms with Crippen LogP contribution in [0, 0.1) is 12.8 Å². The quantitative estimate of drug-likeness (QED) is 0.885. The second kappa shape index (κ2) is 6.96. The summed E-state index contributed by atoms with van der Waals surface area (Å²) >= 11 is 3.45. The molecule has 0 radical (unpaired) electrons. The van der Waals surface area contributed by atoms with Gasteiger partial charge in [0.15, 0.2) is 0 Å². The van der Waals surface area contributed by atoms with Crippen LogP contribution < -0.4 is 10.2 Å². The highest BCUT2D eigenvalue weighted by molar-refractivity contribution is 9.10. The summed E-state index contributed by atoms with van der Waals surface area (Å²) < 4.78 is 6.48. The van der Waals surface area contributed by atoms with Crippen molar-refractivity contribution in [1.29, 1.82) is 0 Å². The minimum Gasteiger partial charge on any atom is -0.443 e. The molecule has 0 aromatic carbocycles. The topological polar surface area (TPSA) is 54.5 Å². The Kier molecular flexibility index (Phi) is 5.45. The lowest BCUT2D eigenvalue weighted by Crippen LogP contribution is -2.40. The molecule has 0 aliphatic carbocycles. The largest absolute Gasteiger partial charge is 0.443 e. The van der Waals surface area contributed by atoms with Crippen molar-refractivity contribution in [1.82, 2.24) is 10.3 Å². The molecule has 1 saturated heterocycles. The summed E-state index contributed by atoms with van der Waals surface area (Å²) in [5.74, 6) is 1.07. The zero-order valence-electron chi connectivity index (χ0n) is 13.6. The maximum atomic E-state index is 12.6. The maximum Gasteiger partial charge on any atom is 0.416 e. The molecule has 1 N–H and O–H groups in total. The minimum atomic E-state index is -0.520. The number of rotatable bonds is 3. The lowest BCUT2D eigenvalue weighted by atomic mass is 10.1. The van der Waals surface area contributed by atoms with Gasteiger partial charge in [0.05, 0.1) is 5.69 Å². The average molecular weight is 370 g/mol. The van der Waals surface area contributed by atoms with Crippen molar-refractivity contribution >= 4 is 27.8 Å². The van der Waals surface area contributed by atoms with Crippen molar-refractivity contribution in [2.45, 2.75) is 39.7 Å². The molecule has 1 aliphatic heterocycles. The number of pyridine rings is 1. The van der Waals surface area contributed by atoms with Gasteiger partial charge in [-0.05, 0) is 81.2 Å². The Hall–Kier alpha value is -1.14. The fourth-order valence-electron chi connectivity index (χ4n) is 2.39. The molecule has 22 heavy (non-hydrogen) atoms. The van der Waals surface area contributed by atoms with Gasteiger partial charge in [0.2, 0.25) is 0 Å². The Morgan fingerprint density at radius 3 is 2.77 bits per heavy atom. The van der Waals surface area contributed by atoms with Gasteiger partial charge in [0, 0.05) is 11.0 Å². The van der Waals surface area contributed by atoms with E-state index in [1.807, 2.05) is 39.8 Å². The number of amides is 1. The summed E-state index contributed by atoms with van der Waals surface area (Å²) in [6, 6.07) is 3.77. The molecule has 1 aliphatic rings. The average Bonchev–Trinajstić information content (AvgIpc) is 2.90. The normalized spacial score (nSPS) is 18.3. The highest BCUT2D eigenvalue weighted by atomic mass is 79.9. The zero-order chi connectivity index (χ0) is 16.3. The van der Waals surface area contributed by atoms with Crippen LogP contribution in [0.4, 0.5) is 10.6 Å². The van der Waals surface area contributed by atoms with Gasteiger partial charge in [-0.15, -0.1) is 0 Å². The van der Waals surface area contributed by atoms with Crippen molar-refractivity contribution < 1.29 is 9.53 Å². The van der Waals surface area contributed by atoms with Crippen molar-refractivity contribution in [3.63, 3.8) is 0 Å². The molecule has 2 rings (SSSR count). The van der Waals surface area contributed by atoms with Gasteiger partial charge in [-0.25, -0.2) is 9.78 Å². The molecule has 1 fully saturated rings. The third kappa shape index (κ3) is 4.68. The molecule has 6 heteroatoms. The first-order chi connectivity index (χ1) is 10.3. The fraction of sp³-hybridized carbons (Fsp3) is 0.625. The number of aromatic nitrogens is 1. The number of aryl methyl sites for hydroxylation is 1. The van der Waals surface area contributed by atoms with Crippen LogP contribution >= 0.6 is 15.9 Å². The SMILES string of the molecule is Cc1nc(N(CC2CCNC2)C(=O)OC(C)(C)C)ccc1Br. The van der Waals surface area contributed by atoms with Crippen molar-refractivity contribution in [3.8, 4) is 0 Å². The van der Waals surface area contributed by atoms with Crippen LogP contribution in [0.3, 0.4) is 0 Å². The third-order valence-electron chi connectivity index (χ3n) is 3.50. The standard InChI is InChI=1S/C16H24BrN3O2/c1-11-13(17)5-6-14(19-11)20(10-12-7-8-18-9-12)15(21)22-16(2,3)4/h5-6,12,18H,7-10H2,1-4H3. The van der Waals surface area contributed by atoms with Gasteiger partial charge >= 0.3 is 6.09 Å². The summed E-state index contributed by atoms with van der Waals surface area (Å²) in [6.45, 7) is 10.1. The highest BCUT2D eigenvalue weighted by Gasteiger charge is 2.28. The number of hydrogen-bond acceptors (Lipinski definition) is 4. The Morgan fingerprint density at radius 2 is 2.23 bits per heavy atom. The van der Waals surface area contributed by atoms with Gasteiger partial charge in [0.1, 0.15) is 11.4 Å². The van der Waals surface area contributed by atoms with E-state index in [1.165, 1.54) is 0 Å². The molecule has 1 amide bonds.